The Morgan fingerprint density at radius 1 is 0.545 bits per heavy atom. The number of rotatable bonds is 3. The fourth-order valence-corrected chi connectivity index (χ4v) is 1.38. The van der Waals surface area contributed by atoms with E-state index < -0.39 is 41.8 Å². The van der Waals surface area contributed by atoms with Gasteiger partial charge in [-0.25, -0.2) is 0 Å². The topological polar surface area (TPSA) is 17.1 Å². The Balaban J connectivity index is 7.05. The molecule has 0 aliphatic rings. The predicted octanol–water partition coefficient (Wildman–Crippen LogP) is 4.43. The van der Waals surface area contributed by atoms with Gasteiger partial charge in [-0.2, -0.15) is 61.5 Å². The first-order valence-electron chi connectivity index (χ1n) is 4.35. The second-order valence-electron chi connectivity index (χ2n) is 3.67. The fraction of sp³-hybridized carbons (Fsp3) is 0.857. The van der Waals surface area contributed by atoms with Gasteiger partial charge in [0.05, 0.1) is 0 Å². The summed E-state index contributed by atoms with van der Waals surface area (Å²) in [5.74, 6) is -15.8. The van der Waals surface area contributed by atoms with Gasteiger partial charge in [0.1, 0.15) is 0 Å². The van der Waals surface area contributed by atoms with Crippen LogP contribution in [0.3, 0.4) is 0 Å². The zero-order valence-electron chi connectivity index (χ0n) is 9.20. The van der Waals surface area contributed by atoms with Crippen molar-refractivity contribution in [1.82, 2.24) is 0 Å². The molecule has 0 heterocycles. The van der Waals surface area contributed by atoms with E-state index in [1.165, 1.54) is 0 Å². The highest BCUT2D eigenvalue weighted by Gasteiger charge is 2.98. The van der Waals surface area contributed by atoms with Crippen LogP contribution in [0.25, 0.3) is 0 Å². The minimum atomic E-state index is -8.37. The zero-order valence-corrected chi connectivity index (χ0v) is 9.20. The van der Waals surface area contributed by atoms with Crippen LogP contribution < -0.4 is 0 Å². The molecule has 0 bridgehead atoms. The van der Waals surface area contributed by atoms with E-state index in [1.807, 2.05) is 0 Å². The SMILES string of the molecule is O=C(F)C(F)(F)C(F)(F)C(C(F)(F)F)(C(F)(F)F)C(F)(F)F. The molecule has 22 heavy (non-hydrogen) atoms. The quantitative estimate of drug-likeness (QED) is 0.534. The smallest absolute Gasteiger partial charge is 0.254 e. The lowest BCUT2D eigenvalue weighted by atomic mass is 9.75. The van der Waals surface area contributed by atoms with Gasteiger partial charge in [-0.3, -0.25) is 4.79 Å². The Morgan fingerprint density at radius 3 is 0.909 bits per heavy atom. The van der Waals surface area contributed by atoms with Crippen LogP contribution in [0.2, 0.25) is 0 Å². The van der Waals surface area contributed by atoms with Crippen molar-refractivity contribution >= 4 is 6.04 Å². The van der Waals surface area contributed by atoms with Crippen LogP contribution in [-0.2, 0) is 4.79 Å². The van der Waals surface area contributed by atoms with E-state index in [0.29, 0.717) is 0 Å². The van der Waals surface area contributed by atoms with Gasteiger partial charge in [-0.05, 0) is 0 Å². The van der Waals surface area contributed by atoms with Crippen LogP contribution in [0.1, 0.15) is 0 Å². The number of hydrogen-bond donors (Lipinski definition) is 0. The molecule has 0 unspecified atom stereocenters. The molecule has 0 aliphatic heterocycles. The van der Waals surface area contributed by atoms with E-state index in [9.17, 15) is 66.3 Å². The monoisotopic (exact) mass is 366 g/mol. The van der Waals surface area contributed by atoms with E-state index in [1.54, 1.807) is 0 Å². The summed E-state index contributed by atoms with van der Waals surface area (Å²) in [6.07, 6.45) is -24.3. The van der Waals surface area contributed by atoms with Gasteiger partial charge in [0.15, 0.2) is 0 Å². The highest BCUT2D eigenvalue weighted by atomic mass is 19.4. The molecule has 0 spiro atoms. The molecule has 0 atom stereocenters. The van der Waals surface area contributed by atoms with Crippen molar-refractivity contribution in [3.8, 4) is 0 Å². The van der Waals surface area contributed by atoms with E-state index >= 15 is 0 Å². The molecule has 0 amide bonds. The minimum absolute atomic E-state index is 4.81. The van der Waals surface area contributed by atoms with Crippen molar-refractivity contribution < 1.29 is 66.3 Å². The second-order valence-corrected chi connectivity index (χ2v) is 3.67. The Morgan fingerprint density at radius 2 is 0.773 bits per heavy atom. The van der Waals surface area contributed by atoms with E-state index in [-0.39, 0.29) is 0 Å². The number of alkyl halides is 13. The highest BCUT2D eigenvalue weighted by molar-refractivity contribution is 5.78. The van der Waals surface area contributed by atoms with Crippen molar-refractivity contribution in [3.05, 3.63) is 0 Å². The van der Waals surface area contributed by atoms with Gasteiger partial charge in [-0.1, -0.05) is 0 Å². The summed E-state index contributed by atoms with van der Waals surface area (Å²) < 4.78 is 172. The third-order valence-corrected chi connectivity index (χ3v) is 2.39. The number of hydrogen-bond acceptors (Lipinski definition) is 1. The zero-order chi connectivity index (χ0) is 18.6. The Kier molecular flexibility index (Phi) is 4.55. The summed E-state index contributed by atoms with van der Waals surface area (Å²) in [5, 5.41) is 0. The molecule has 0 aromatic heterocycles. The van der Waals surface area contributed by atoms with Gasteiger partial charge in [0.25, 0.3) is 0 Å². The summed E-state index contributed by atoms with van der Waals surface area (Å²) in [5.41, 5.74) is -8.37. The molecule has 0 fully saturated rings. The molecule has 0 rings (SSSR count). The number of halogens is 14. The first-order valence-corrected chi connectivity index (χ1v) is 4.35. The summed E-state index contributed by atoms with van der Waals surface area (Å²) in [6.45, 7) is 0. The number of carbonyl (C=O) groups excluding carboxylic acids is 1. The lowest BCUT2D eigenvalue weighted by Gasteiger charge is -2.44. The molecule has 1 nitrogen and oxygen atoms in total. The lowest BCUT2D eigenvalue weighted by Crippen LogP contribution is -2.74. The summed E-state index contributed by atoms with van der Waals surface area (Å²) in [6, 6.07) is -4.81. The molecule has 0 radical (unpaired) electrons. The molecule has 0 aromatic carbocycles. The first kappa shape index (κ1) is 20.7. The Bertz CT molecular complexity index is 400. The van der Waals surface area contributed by atoms with Gasteiger partial charge < -0.3 is 0 Å². The molecule has 15 heteroatoms. The maximum Gasteiger partial charge on any atom is 0.418 e. The first-order chi connectivity index (χ1) is 9.19. The van der Waals surface area contributed by atoms with Crippen LogP contribution in [0, 0.1) is 5.41 Å². The van der Waals surface area contributed by atoms with E-state index in [2.05, 4.69) is 0 Å². The van der Waals surface area contributed by atoms with Crippen LogP contribution in [-0.4, -0.2) is 36.4 Å². The van der Waals surface area contributed by atoms with Crippen molar-refractivity contribution in [2.24, 2.45) is 5.41 Å². The fourth-order valence-electron chi connectivity index (χ4n) is 1.38. The maximum absolute atomic E-state index is 12.9. The summed E-state index contributed by atoms with van der Waals surface area (Å²) in [4.78, 5) is 9.54. The van der Waals surface area contributed by atoms with Gasteiger partial charge in [-0.15, -0.1) is 0 Å². The largest absolute Gasteiger partial charge is 0.418 e. The van der Waals surface area contributed by atoms with Crippen LogP contribution in [0.15, 0.2) is 0 Å². The maximum atomic E-state index is 12.9. The Labute approximate surface area is 109 Å². The number of carbonyl (C=O) groups is 1. The molecule has 0 aliphatic carbocycles. The van der Waals surface area contributed by atoms with E-state index in [0.717, 1.165) is 0 Å². The highest BCUT2D eigenvalue weighted by Crippen LogP contribution is 2.69. The molecular weight excluding hydrogens is 366 g/mol. The standard InChI is InChI=1S/C7F14O/c8-1(22)2(9,10)4(11,12)3(5(13,14)15,6(16,17)18)7(19,20)21. The predicted molar refractivity (Wildman–Crippen MR) is 36.6 cm³/mol. The third kappa shape index (κ3) is 2.37. The van der Waals surface area contributed by atoms with Crippen LogP contribution in [0.5, 0.6) is 0 Å². The molecule has 132 valence electrons. The molecule has 0 saturated heterocycles. The van der Waals surface area contributed by atoms with Gasteiger partial charge >= 0.3 is 41.8 Å². The normalized spacial score (nSPS) is 15.9. The molecule has 0 saturated carbocycles. The van der Waals surface area contributed by atoms with Crippen molar-refractivity contribution in [1.29, 1.82) is 0 Å². The second kappa shape index (κ2) is 4.84. The van der Waals surface area contributed by atoms with Crippen molar-refractivity contribution in [2.45, 2.75) is 30.4 Å². The van der Waals surface area contributed by atoms with E-state index in [4.69, 9.17) is 0 Å². The van der Waals surface area contributed by atoms with Gasteiger partial charge in [0.2, 0.25) is 0 Å². The summed E-state index contributed by atoms with van der Waals surface area (Å²) in [7, 11) is 0. The molecule has 0 N–H and O–H groups in total. The van der Waals surface area contributed by atoms with Crippen molar-refractivity contribution in [3.63, 3.8) is 0 Å². The van der Waals surface area contributed by atoms with Crippen LogP contribution >= 0.6 is 0 Å². The minimum Gasteiger partial charge on any atom is -0.254 e. The van der Waals surface area contributed by atoms with Crippen LogP contribution in [0.4, 0.5) is 61.5 Å². The van der Waals surface area contributed by atoms with Crippen molar-refractivity contribution in [2.75, 3.05) is 0 Å². The third-order valence-electron chi connectivity index (χ3n) is 2.39. The molecule has 0 aromatic rings. The molecular formula is C7F14O. The average Bonchev–Trinajstić information content (AvgIpc) is 2.08. The summed E-state index contributed by atoms with van der Waals surface area (Å²) >= 11 is 0. The Hall–Kier alpha value is -1.31. The van der Waals surface area contributed by atoms with Gasteiger partial charge in [0, 0.05) is 0 Å². The average molecular weight is 366 g/mol. The lowest BCUT2D eigenvalue weighted by molar-refractivity contribution is -0.492.